The van der Waals surface area contributed by atoms with Crippen LogP contribution < -0.4 is 5.32 Å². The van der Waals surface area contributed by atoms with Gasteiger partial charge in [-0.05, 0) is 20.8 Å². The lowest BCUT2D eigenvalue weighted by molar-refractivity contribution is -0.200. The third-order valence-electron chi connectivity index (χ3n) is 3.79. The van der Waals surface area contributed by atoms with Crippen LogP contribution >= 0.6 is 0 Å². The third-order valence-corrected chi connectivity index (χ3v) is 3.79. The number of hydrogen-bond acceptors (Lipinski definition) is 7. The molecule has 0 saturated carbocycles. The van der Waals surface area contributed by atoms with Crippen molar-refractivity contribution in [2.45, 2.75) is 50.5 Å². The SMILES string of the molecule is COC[C@H]1OC(/C(C#N)=C/NCC#N)[C@]2(C)OC(C)(C)O[C@H]12. The molecule has 0 spiro atoms. The highest BCUT2D eigenvalue weighted by atomic mass is 16.8. The molecule has 0 amide bonds. The molecule has 2 heterocycles. The van der Waals surface area contributed by atoms with Crippen LogP contribution in [0.1, 0.15) is 20.8 Å². The molecule has 2 aliphatic rings. The van der Waals surface area contributed by atoms with Crippen molar-refractivity contribution in [2.24, 2.45) is 0 Å². The molecule has 7 nitrogen and oxygen atoms in total. The van der Waals surface area contributed by atoms with E-state index in [4.69, 9.17) is 24.2 Å². The fourth-order valence-corrected chi connectivity index (χ4v) is 3.11. The lowest BCUT2D eigenvalue weighted by Crippen LogP contribution is -2.45. The molecular weight excluding hydrogens is 286 g/mol. The number of nitrogens with zero attached hydrogens (tertiary/aromatic N) is 2. The van der Waals surface area contributed by atoms with Crippen LogP contribution in [0.15, 0.2) is 11.8 Å². The van der Waals surface area contributed by atoms with Crippen LogP contribution in [0.3, 0.4) is 0 Å². The van der Waals surface area contributed by atoms with Gasteiger partial charge in [-0.3, -0.25) is 0 Å². The molecule has 0 bridgehead atoms. The van der Waals surface area contributed by atoms with Crippen molar-refractivity contribution in [3.05, 3.63) is 11.8 Å². The second-order valence-corrected chi connectivity index (χ2v) is 5.98. The van der Waals surface area contributed by atoms with Gasteiger partial charge >= 0.3 is 0 Å². The predicted molar refractivity (Wildman–Crippen MR) is 76.3 cm³/mol. The highest BCUT2D eigenvalue weighted by Gasteiger charge is 2.64. The maximum absolute atomic E-state index is 9.42. The summed E-state index contributed by atoms with van der Waals surface area (Å²) >= 11 is 0. The van der Waals surface area contributed by atoms with Gasteiger partial charge in [0.05, 0.1) is 24.3 Å². The maximum atomic E-state index is 9.42. The normalized spacial score (nSPS) is 36.5. The van der Waals surface area contributed by atoms with Crippen molar-refractivity contribution in [1.29, 1.82) is 10.5 Å². The Morgan fingerprint density at radius 1 is 1.36 bits per heavy atom. The summed E-state index contributed by atoms with van der Waals surface area (Å²) in [5.74, 6) is -0.756. The Bertz CT molecular complexity index is 534. The summed E-state index contributed by atoms with van der Waals surface area (Å²) in [4.78, 5) is 0. The third kappa shape index (κ3) is 2.94. The van der Waals surface area contributed by atoms with Gasteiger partial charge in [-0.25, -0.2) is 0 Å². The lowest BCUT2D eigenvalue weighted by atomic mass is 9.89. The summed E-state index contributed by atoms with van der Waals surface area (Å²) < 4.78 is 23.2. The van der Waals surface area contributed by atoms with Crippen molar-refractivity contribution in [1.82, 2.24) is 5.32 Å². The van der Waals surface area contributed by atoms with Crippen molar-refractivity contribution >= 4 is 0 Å². The van der Waals surface area contributed by atoms with E-state index in [-0.39, 0.29) is 18.8 Å². The summed E-state index contributed by atoms with van der Waals surface area (Å²) in [6.45, 7) is 6.01. The van der Waals surface area contributed by atoms with Crippen molar-refractivity contribution in [3.63, 3.8) is 0 Å². The topological polar surface area (TPSA) is 96.5 Å². The average molecular weight is 307 g/mol. The van der Waals surface area contributed by atoms with Gasteiger partial charge in [0, 0.05) is 13.3 Å². The molecule has 2 aliphatic heterocycles. The monoisotopic (exact) mass is 307 g/mol. The van der Waals surface area contributed by atoms with Crippen molar-refractivity contribution < 1.29 is 18.9 Å². The molecule has 120 valence electrons. The van der Waals surface area contributed by atoms with Crippen molar-refractivity contribution in [2.75, 3.05) is 20.3 Å². The van der Waals surface area contributed by atoms with Crippen LogP contribution in [-0.2, 0) is 18.9 Å². The smallest absolute Gasteiger partial charge is 0.164 e. The van der Waals surface area contributed by atoms with Crippen LogP contribution in [0.25, 0.3) is 0 Å². The van der Waals surface area contributed by atoms with E-state index in [1.54, 1.807) is 7.11 Å². The Labute approximate surface area is 130 Å². The molecular formula is C15H21N3O4. The Hall–Kier alpha value is -1.64. The van der Waals surface area contributed by atoms with Crippen LogP contribution in [0.2, 0.25) is 0 Å². The van der Waals surface area contributed by atoms with Crippen LogP contribution in [-0.4, -0.2) is 50.0 Å². The van der Waals surface area contributed by atoms with Gasteiger partial charge in [0.25, 0.3) is 0 Å². The number of nitrogens with one attached hydrogen (secondary N) is 1. The van der Waals surface area contributed by atoms with Crippen LogP contribution in [0.4, 0.5) is 0 Å². The molecule has 0 aliphatic carbocycles. The first-order valence-corrected chi connectivity index (χ1v) is 7.11. The first-order valence-electron chi connectivity index (χ1n) is 7.11. The zero-order valence-electron chi connectivity index (χ0n) is 13.3. The Kier molecular flexibility index (Phi) is 4.74. The van der Waals surface area contributed by atoms with E-state index in [0.29, 0.717) is 12.2 Å². The summed E-state index contributed by atoms with van der Waals surface area (Å²) in [7, 11) is 1.59. The van der Waals surface area contributed by atoms with E-state index in [1.165, 1.54) is 6.20 Å². The fourth-order valence-electron chi connectivity index (χ4n) is 3.11. The minimum absolute atomic E-state index is 0.113. The minimum Gasteiger partial charge on any atom is -0.382 e. The van der Waals surface area contributed by atoms with Gasteiger partial charge in [-0.15, -0.1) is 0 Å². The molecule has 2 rings (SSSR count). The molecule has 0 aromatic carbocycles. The van der Waals surface area contributed by atoms with Gasteiger partial charge in [-0.2, -0.15) is 10.5 Å². The molecule has 1 N–H and O–H groups in total. The van der Waals surface area contributed by atoms with Gasteiger partial charge in [-0.1, -0.05) is 0 Å². The Morgan fingerprint density at radius 3 is 2.68 bits per heavy atom. The largest absolute Gasteiger partial charge is 0.382 e. The Morgan fingerprint density at radius 2 is 2.09 bits per heavy atom. The van der Waals surface area contributed by atoms with E-state index in [9.17, 15) is 5.26 Å². The van der Waals surface area contributed by atoms with Crippen LogP contribution in [0, 0.1) is 22.7 Å². The maximum Gasteiger partial charge on any atom is 0.164 e. The first kappa shape index (κ1) is 16.7. The zero-order chi connectivity index (χ0) is 16.4. The Balaban J connectivity index is 2.29. The summed E-state index contributed by atoms with van der Waals surface area (Å²) in [5.41, 5.74) is -0.426. The summed E-state index contributed by atoms with van der Waals surface area (Å²) in [6, 6.07) is 4.07. The van der Waals surface area contributed by atoms with Gasteiger partial charge < -0.3 is 24.3 Å². The summed E-state index contributed by atoms with van der Waals surface area (Å²) in [5, 5.41) is 20.8. The van der Waals surface area contributed by atoms with Gasteiger partial charge in [0.2, 0.25) is 0 Å². The number of ether oxygens (including phenoxy) is 4. The molecule has 0 aromatic rings. The van der Waals surface area contributed by atoms with Crippen molar-refractivity contribution in [3.8, 4) is 12.1 Å². The highest BCUT2D eigenvalue weighted by Crippen LogP contribution is 2.48. The van der Waals surface area contributed by atoms with Gasteiger partial charge in [0.15, 0.2) is 5.79 Å². The number of rotatable bonds is 5. The molecule has 4 atom stereocenters. The summed E-state index contributed by atoms with van der Waals surface area (Å²) in [6.07, 6.45) is 0.255. The van der Waals surface area contributed by atoms with Crippen LogP contribution in [0.5, 0.6) is 0 Å². The van der Waals surface area contributed by atoms with E-state index in [2.05, 4.69) is 11.4 Å². The molecule has 1 unspecified atom stereocenters. The molecule has 22 heavy (non-hydrogen) atoms. The molecule has 2 saturated heterocycles. The van der Waals surface area contributed by atoms with E-state index >= 15 is 0 Å². The minimum atomic E-state index is -0.789. The second kappa shape index (κ2) is 6.23. The van der Waals surface area contributed by atoms with E-state index in [1.807, 2.05) is 26.8 Å². The fraction of sp³-hybridized carbons (Fsp3) is 0.733. The van der Waals surface area contributed by atoms with E-state index < -0.39 is 17.5 Å². The van der Waals surface area contributed by atoms with E-state index in [0.717, 1.165) is 0 Å². The number of methoxy groups -OCH3 is 1. The molecule has 0 aromatic heterocycles. The predicted octanol–water partition coefficient (Wildman–Crippen LogP) is 0.831. The van der Waals surface area contributed by atoms with Gasteiger partial charge in [0.1, 0.15) is 30.5 Å². The highest BCUT2D eigenvalue weighted by molar-refractivity contribution is 5.32. The first-order chi connectivity index (χ1) is 10.4. The number of hydrogen-bond donors (Lipinski definition) is 1. The quantitative estimate of drug-likeness (QED) is 0.456. The molecule has 0 radical (unpaired) electrons. The lowest BCUT2D eigenvalue weighted by Gasteiger charge is -2.29. The second-order valence-electron chi connectivity index (χ2n) is 5.98. The number of nitriles is 2. The standard InChI is InChI=1S/C15H21N3O4/c1-14(2)21-13-11(9-19-4)20-12(15(13,3)22-14)10(7-17)8-18-6-5-16/h8,11-13,18H,6,9H2,1-4H3/b10-8+/t11-,12?,13-,15+/m1/s1. The molecule has 7 heteroatoms. The molecule has 2 fully saturated rings. The zero-order valence-corrected chi connectivity index (χ0v) is 13.3. The average Bonchev–Trinajstić information content (AvgIpc) is 2.83. The number of fused-ring (bicyclic) bond motifs is 1.